The summed E-state index contributed by atoms with van der Waals surface area (Å²) >= 11 is 0. The van der Waals surface area contributed by atoms with Gasteiger partial charge in [-0.25, -0.2) is 0 Å². The van der Waals surface area contributed by atoms with Crippen LogP contribution in [0.3, 0.4) is 0 Å². The number of nitrogens with zero attached hydrogens (tertiary/aromatic N) is 1. The second-order valence-corrected chi connectivity index (χ2v) is 15.9. The minimum Gasteiger partial charge on any atom is -0.309 e. The summed E-state index contributed by atoms with van der Waals surface area (Å²) in [5.74, 6) is 0. The van der Waals surface area contributed by atoms with E-state index in [9.17, 15) is 0 Å². The van der Waals surface area contributed by atoms with Crippen LogP contribution in [0.2, 0.25) is 0 Å². The van der Waals surface area contributed by atoms with E-state index in [4.69, 9.17) is 0 Å². The van der Waals surface area contributed by atoms with Crippen molar-refractivity contribution in [2.24, 2.45) is 0 Å². The maximum Gasteiger partial charge on any atom is 0.0722 e. The molecule has 0 fully saturated rings. The summed E-state index contributed by atoms with van der Waals surface area (Å²) in [6.45, 7) is 4.76. The fourth-order valence-electron chi connectivity index (χ4n) is 10.4. The van der Waals surface area contributed by atoms with Crippen LogP contribution in [0.4, 0.5) is 17.1 Å². The average Bonchev–Trinajstić information content (AvgIpc) is 3.60. The molecule has 0 amide bonds. The van der Waals surface area contributed by atoms with Crippen molar-refractivity contribution in [3.05, 3.63) is 227 Å². The van der Waals surface area contributed by atoms with Gasteiger partial charge in [0.25, 0.3) is 0 Å². The number of rotatable bonds is 4. The lowest BCUT2D eigenvalue weighted by Crippen LogP contribution is -2.31. The van der Waals surface area contributed by atoms with Gasteiger partial charge in [0.15, 0.2) is 0 Å². The molecule has 1 spiro atoms. The number of allylic oxidation sites excluding steroid dienone is 5. The minimum absolute atomic E-state index is 0.130. The van der Waals surface area contributed by atoms with Crippen molar-refractivity contribution in [3.8, 4) is 33.4 Å². The molecule has 0 aliphatic heterocycles. The Balaban J connectivity index is 1.24. The molecule has 7 aromatic rings. The highest BCUT2D eigenvalue weighted by molar-refractivity contribution is 6.01. The van der Waals surface area contributed by atoms with Gasteiger partial charge in [0.1, 0.15) is 0 Å². The van der Waals surface area contributed by atoms with Crippen molar-refractivity contribution in [2.45, 2.75) is 37.5 Å². The molecule has 0 aromatic heterocycles. The molecular weight excluding hydrogens is 663 g/mol. The SMILES string of the molecule is CC1(C)c2ccccc2-c2ccc(N(c3ccccc3-c3ccccc3)c3cccc4c3-c3ccccc3C43C4=C(C=Cc5ccccc53)CCC=C4)cc21. The summed E-state index contributed by atoms with van der Waals surface area (Å²) in [6, 6.07) is 61.3. The Morgan fingerprint density at radius 2 is 1.13 bits per heavy atom. The van der Waals surface area contributed by atoms with Crippen LogP contribution in [-0.4, -0.2) is 0 Å². The molecule has 4 aliphatic carbocycles. The van der Waals surface area contributed by atoms with E-state index in [1.807, 2.05) is 0 Å². The fourth-order valence-corrected chi connectivity index (χ4v) is 10.4. The van der Waals surface area contributed by atoms with Crippen LogP contribution in [0.15, 0.2) is 193 Å². The standard InChI is InChI=1S/C54H41N/c1-53(2)46-26-13-8-22-41(46)42-34-33-39(35-49(42)53)55(50-29-15-10-21-40(50)36-17-4-3-5-18-36)51-30-16-28-48-52(51)43-23-9-14-27-47(43)54(48)44-24-11-6-19-37(44)31-32-38-20-7-12-25-45(38)54/h3-6,8-19,21-35H,7,20H2,1-2H3. The molecule has 1 unspecified atom stereocenters. The molecule has 1 heteroatoms. The fraction of sp³-hybridized carbons (Fsp3) is 0.111. The molecule has 0 saturated carbocycles. The highest BCUT2D eigenvalue weighted by Gasteiger charge is 2.50. The van der Waals surface area contributed by atoms with Gasteiger partial charge in [-0.15, -0.1) is 0 Å². The van der Waals surface area contributed by atoms with Crippen LogP contribution >= 0.6 is 0 Å². The van der Waals surface area contributed by atoms with Gasteiger partial charge in [-0.05, 0) is 104 Å². The van der Waals surface area contributed by atoms with Crippen LogP contribution in [0.1, 0.15) is 60.1 Å². The largest absolute Gasteiger partial charge is 0.309 e. The van der Waals surface area contributed by atoms with Crippen LogP contribution in [0.25, 0.3) is 39.5 Å². The first-order valence-electron chi connectivity index (χ1n) is 19.7. The second kappa shape index (κ2) is 12.0. The van der Waals surface area contributed by atoms with Gasteiger partial charge in [0.2, 0.25) is 0 Å². The summed E-state index contributed by atoms with van der Waals surface area (Å²) in [7, 11) is 0. The zero-order valence-electron chi connectivity index (χ0n) is 31.3. The predicted molar refractivity (Wildman–Crippen MR) is 230 cm³/mol. The Morgan fingerprint density at radius 3 is 1.98 bits per heavy atom. The smallest absolute Gasteiger partial charge is 0.0722 e. The Labute approximate surface area is 324 Å². The predicted octanol–water partition coefficient (Wildman–Crippen LogP) is 14.1. The number of benzene rings is 7. The van der Waals surface area contributed by atoms with Gasteiger partial charge in [-0.1, -0.05) is 178 Å². The molecule has 0 saturated heterocycles. The number of para-hydroxylation sites is 1. The van der Waals surface area contributed by atoms with Gasteiger partial charge in [-0.2, -0.15) is 0 Å². The van der Waals surface area contributed by atoms with Gasteiger partial charge < -0.3 is 4.90 Å². The number of hydrogen-bond donors (Lipinski definition) is 0. The van der Waals surface area contributed by atoms with Crippen LogP contribution in [0.5, 0.6) is 0 Å². The third-order valence-electron chi connectivity index (χ3n) is 12.8. The third-order valence-corrected chi connectivity index (χ3v) is 12.8. The molecule has 11 rings (SSSR count). The first-order valence-corrected chi connectivity index (χ1v) is 19.7. The van der Waals surface area contributed by atoms with E-state index in [1.54, 1.807) is 0 Å². The Kier molecular flexibility index (Phi) is 7.01. The van der Waals surface area contributed by atoms with Crippen molar-refractivity contribution in [1.82, 2.24) is 0 Å². The van der Waals surface area contributed by atoms with Crippen molar-refractivity contribution in [1.29, 1.82) is 0 Å². The third kappa shape index (κ3) is 4.47. The molecular formula is C54H41N. The van der Waals surface area contributed by atoms with Gasteiger partial charge >= 0.3 is 0 Å². The molecule has 7 aromatic carbocycles. The van der Waals surface area contributed by atoms with E-state index < -0.39 is 5.41 Å². The molecule has 0 N–H and O–H groups in total. The van der Waals surface area contributed by atoms with Gasteiger partial charge in [0, 0.05) is 22.2 Å². The average molecular weight is 704 g/mol. The van der Waals surface area contributed by atoms with Gasteiger partial charge in [0.05, 0.1) is 16.8 Å². The van der Waals surface area contributed by atoms with E-state index in [0.717, 1.165) is 24.2 Å². The Bertz CT molecular complexity index is 2790. The van der Waals surface area contributed by atoms with E-state index in [1.165, 1.54) is 83.6 Å². The summed E-state index contributed by atoms with van der Waals surface area (Å²) in [4.78, 5) is 2.56. The number of anilines is 3. The van der Waals surface area contributed by atoms with E-state index >= 15 is 0 Å². The van der Waals surface area contributed by atoms with Crippen molar-refractivity contribution >= 4 is 23.1 Å². The number of fused-ring (bicyclic) bond motifs is 11. The summed E-state index contributed by atoms with van der Waals surface area (Å²) in [5, 5.41) is 0. The van der Waals surface area contributed by atoms with Crippen LogP contribution in [0, 0.1) is 0 Å². The molecule has 262 valence electrons. The van der Waals surface area contributed by atoms with Crippen LogP contribution in [-0.2, 0) is 10.8 Å². The Morgan fingerprint density at radius 1 is 0.473 bits per heavy atom. The molecule has 55 heavy (non-hydrogen) atoms. The maximum absolute atomic E-state index is 2.56. The zero-order valence-corrected chi connectivity index (χ0v) is 31.3. The Hall–Kier alpha value is -6.44. The van der Waals surface area contributed by atoms with E-state index in [2.05, 4.69) is 207 Å². The molecule has 1 atom stereocenters. The lowest BCUT2D eigenvalue weighted by molar-refractivity contribution is 0.660. The van der Waals surface area contributed by atoms with Crippen molar-refractivity contribution in [3.63, 3.8) is 0 Å². The highest BCUT2D eigenvalue weighted by Crippen LogP contribution is 2.62. The molecule has 0 radical (unpaired) electrons. The zero-order chi connectivity index (χ0) is 36.7. The first-order chi connectivity index (χ1) is 27.1. The van der Waals surface area contributed by atoms with Gasteiger partial charge in [-0.3, -0.25) is 0 Å². The molecule has 4 aliphatic rings. The summed E-state index contributed by atoms with van der Waals surface area (Å²) in [5.41, 5.74) is 21.5. The first kappa shape index (κ1) is 32.0. The van der Waals surface area contributed by atoms with Crippen molar-refractivity contribution in [2.75, 3.05) is 4.90 Å². The lowest BCUT2D eigenvalue weighted by atomic mass is 9.64. The van der Waals surface area contributed by atoms with Crippen LogP contribution < -0.4 is 4.90 Å². The quantitative estimate of drug-likeness (QED) is 0.176. The number of hydrogen-bond acceptors (Lipinski definition) is 1. The minimum atomic E-state index is -0.458. The molecule has 0 heterocycles. The molecule has 0 bridgehead atoms. The molecule has 1 nitrogen and oxygen atoms in total. The van der Waals surface area contributed by atoms with E-state index in [0.29, 0.717) is 0 Å². The van der Waals surface area contributed by atoms with Crippen molar-refractivity contribution < 1.29 is 0 Å². The summed E-state index contributed by atoms with van der Waals surface area (Å²) in [6.07, 6.45) is 11.7. The highest BCUT2D eigenvalue weighted by atomic mass is 15.1. The lowest BCUT2D eigenvalue weighted by Gasteiger charge is -2.37. The van der Waals surface area contributed by atoms with E-state index in [-0.39, 0.29) is 5.41 Å². The topological polar surface area (TPSA) is 3.24 Å². The maximum atomic E-state index is 2.56. The second-order valence-electron chi connectivity index (χ2n) is 15.9. The monoisotopic (exact) mass is 703 g/mol. The normalized spacial score (nSPS) is 17.9. The summed E-state index contributed by atoms with van der Waals surface area (Å²) < 4.78 is 0.